The van der Waals surface area contributed by atoms with Crippen LogP contribution in [-0.4, -0.2) is 12.3 Å². The normalized spacial score (nSPS) is 12.9. The van der Waals surface area contributed by atoms with Crippen molar-refractivity contribution in [3.8, 4) is 5.75 Å². The highest BCUT2D eigenvalue weighted by atomic mass is 19.4. The summed E-state index contributed by atoms with van der Waals surface area (Å²) in [5.41, 5.74) is -1.01. The third kappa shape index (κ3) is 3.94. The number of hydrogen-bond donors (Lipinski definition) is 0. The van der Waals surface area contributed by atoms with Gasteiger partial charge >= 0.3 is 12.3 Å². The van der Waals surface area contributed by atoms with Crippen LogP contribution in [0.5, 0.6) is 5.75 Å². The molecule has 3 nitrogen and oxygen atoms in total. The van der Waals surface area contributed by atoms with Gasteiger partial charge in [-0.25, -0.2) is 4.79 Å². The molecule has 1 atom stereocenters. The molecule has 0 N–H and O–H groups in total. The van der Waals surface area contributed by atoms with Crippen molar-refractivity contribution < 1.29 is 27.4 Å². The lowest BCUT2D eigenvalue weighted by Gasteiger charge is -2.14. The maximum absolute atomic E-state index is 12.6. The topological polar surface area (TPSA) is 35.5 Å². The average molecular weight is 262 g/mol. The minimum Gasteiger partial charge on any atom is -0.431 e. The Balaban J connectivity index is 2.82. The summed E-state index contributed by atoms with van der Waals surface area (Å²) in [4.78, 5) is 11.2. The van der Waals surface area contributed by atoms with Gasteiger partial charge in [-0.2, -0.15) is 13.2 Å². The fraction of sp³-hybridized carbons (Fsp3) is 0.417. The van der Waals surface area contributed by atoms with E-state index in [-0.39, 0.29) is 0 Å². The number of rotatable bonds is 3. The number of carbonyl (C=O) groups excluding carboxylic acids is 1. The number of hydrogen-bond acceptors (Lipinski definition) is 3. The first-order valence-electron chi connectivity index (χ1n) is 5.39. The summed E-state index contributed by atoms with van der Waals surface area (Å²) in [5, 5.41) is 0. The standard InChI is InChI=1S/C12H13F3O3/c1-3-8(2)17-11(16)18-10-7-5-4-6-9(10)12(13,14)15/h4-8H,3H2,1-2H3. The first-order valence-corrected chi connectivity index (χ1v) is 5.39. The number of alkyl halides is 3. The van der Waals surface area contributed by atoms with E-state index in [0.29, 0.717) is 6.42 Å². The van der Waals surface area contributed by atoms with Gasteiger partial charge in [0.25, 0.3) is 0 Å². The number of carbonyl (C=O) groups is 1. The van der Waals surface area contributed by atoms with E-state index < -0.39 is 29.7 Å². The van der Waals surface area contributed by atoms with Crippen LogP contribution in [0.4, 0.5) is 18.0 Å². The maximum Gasteiger partial charge on any atom is 0.514 e. The quantitative estimate of drug-likeness (QED) is 0.609. The molecule has 0 saturated carbocycles. The van der Waals surface area contributed by atoms with Crippen molar-refractivity contribution in [3.63, 3.8) is 0 Å². The van der Waals surface area contributed by atoms with Gasteiger partial charge in [-0.3, -0.25) is 0 Å². The first-order chi connectivity index (χ1) is 8.34. The second-order valence-electron chi connectivity index (χ2n) is 3.68. The molecule has 0 fully saturated rings. The van der Waals surface area contributed by atoms with Crippen LogP contribution >= 0.6 is 0 Å². The number of ether oxygens (including phenoxy) is 2. The van der Waals surface area contributed by atoms with Gasteiger partial charge in [0.1, 0.15) is 11.9 Å². The van der Waals surface area contributed by atoms with Crippen molar-refractivity contribution in [2.45, 2.75) is 32.5 Å². The van der Waals surface area contributed by atoms with Crippen molar-refractivity contribution in [2.24, 2.45) is 0 Å². The molecule has 0 amide bonds. The lowest BCUT2D eigenvalue weighted by atomic mass is 10.2. The second-order valence-corrected chi connectivity index (χ2v) is 3.68. The van der Waals surface area contributed by atoms with Crippen LogP contribution in [0.3, 0.4) is 0 Å². The predicted octanol–water partition coefficient (Wildman–Crippen LogP) is 4.02. The van der Waals surface area contributed by atoms with Crippen LogP contribution < -0.4 is 4.74 Å². The van der Waals surface area contributed by atoms with Gasteiger partial charge in [-0.15, -0.1) is 0 Å². The molecule has 0 aliphatic rings. The smallest absolute Gasteiger partial charge is 0.431 e. The molecule has 1 aromatic carbocycles. The Bertz CT molecular complexity index is 415. The molecule has 0 heterocycles. The highest BCUT2D eigenvalue weighted by Gasteiger charge is 2.34. The summed E-state index contributed by atoms with van der Waals surface area (Å²) in [5.74, 6) is -0.557. The fourth-order valence-corrected chi connectivity index (χ4v) is 1.15. The Morgan fingerprint density at radius 2 is 1.94 bits per heavy atom. The molecular formula is C12H13F3O3. The second kappa shape index (κ2) is 5.75. The van der Waals surface area contributed by atoms with Crippen LogP contribution in [0.2, 0.25) is 0 Å². The largest absolute Gasteiger partial charge is 0.514 e. The summed E-state index contributed by atoms with van der Waals surface area (Å²) in [6.45, 7) is 3.40. The molecule has 0 saturated heterocycles. The molecule has 1 unspecified atom stereocenters. The van der Waals surface area contributed by atoms with E-state index in [2.05, 4.69) is 4.74 Å². The van der Waals surface area contributed by atoms with Crippen molar-refractivity contribution in [2.75, 3.05) is 0 Å². The fourth-order valence-electron chi connectivity index (χ4n) is 1.15. The van der Waals surface area contributed by atoms with Crippen LogP contribution in [0.15, 0.2) is 24.3 Å². The van der Waals surface area contributed by atoms with E-state index in [9.17, 15) is 18.0 Å². The monoisotopic (exact) mass is 262 g/mol. The molecule has 1 aromatic rings. The Morgan fingerprint density at radius 1 is 1.33 bits per heavy atom. The maximum atomic E-state index is 12.6. The van der Waals surface area contributed by atoms with Gasteiger partial charge in [0.15, 0.2) is 0 Å². The van der Waals surface area contributed by atoms with E-state index in [4.69, 9.17) is 4.74 Å². The van der Waals surface area contributed by atoms with Gasteiger partial charge in [0.05, 0.1) is 5.56 Å². The van der Waals surface area contributed by atoms with Gasteiger partial charge in [-0.05, 0) is 25.5 Å². The third-order valence-electron chi connectivity index (χ3n) is 2.26. The molecule has 0 aliphatic heterocycles. The summed E-state index contributed by atoms with van der Waals surface area (Å²) >= 11 is 0. The Kier molecular flexibility index (Phi) is 4.58. The minimum atomic E-state index is -4.58. The lowest BCUT2D eigenvalue weighted by Crippen LogP contribution is -2.19. The van der Waals surface area contributed by atoms with Crippen molar-refractivity contribution >= 4 is 6.16 Å². The minimum absolute atomic E-state index is 0.407. The molecule has 0 spiro atoms. The zero-order valence-corrected chi connectivity index (χ0v) is 9.95. The summed E-state index contributed by atoms with van der Waals surface area (Å²) in [6.07, 6.45) is -5.57. The van der Waals surface area contributed by atoms with E-state index >= 15 is 0 Å². The number of para-hydroxylation sites is 1. The summed E-state index contributed by atoms with van der Waals surface area (Å²) in [7, 11) is 0. The van der Waals surface area contributed by atoms with Crippen LogP contribution in [0.1, 0.15) is 25.8 Å². The summed E-state index contributed by atoms with van der Waals surface area (Å²) < 4.78 is 47.1. The Hall–Kier alpha value is -1.72. The highest BCUT2D eigenvalue weighted by molar-refractivity contribution is 5.64. The Labute approximate surface area is 103 Å². The van der Waals surface area contributed by atoms with E-state index in [1.165, 1.54) is 12.1 Å². The third-order valence-corrected chi connectivity index (χ3v) is 2.26. The number of halogens is 3. The van der Waals surface area contributed by atoms with Crippen LogP contribution in [-0.2, 0) is 10.9 Å². The molecule has 100 valence electrons. The van der Waals surface area contributed by atoms with E-state index in [1.807, 2.05) is 0 Å². The highest BCUT2D eigenvalue weighted by Crippen LogP contribution is 2.36. The van der Waals surface area contributed by atoms with Crippen molar-refractivity contribution in [3.05, 3.63) is 29.8 Å². The lowest BCUT2D eigenvalue weighted by molar-refractivity contribution is -0.138. The van der Waals surface area contributed by atoms with Crippen LogP contribution in [0.25, 0.3) is 0 Å². The Morgan fingerprint density at radius 3 is 2.50 bits per heavy atom. The van der Waals surface area contributed by atoms with Crippen LogP contribution in [0, 0.1) is 0 Å². The average Bonchev–Trinajstić information content (AvgIpc) is 2.27. The zero-order chi connectivity index (χ0) is 13.8. The van der Waals surface area contributed by atoms with Gasteiger partial charge < -0.3 is 9.47 Å². The molecular weight excluding hydrogens is 249 g/mol. The van der Waals surface area contributed by atoms with Gasteiger partial charge in [0.2, 0.25) is 0 Å². The molecule has 0 bridgehead atoms. The molecule has 6 heteroatoms. The van der Waals surface area contributed by atoms with E-state index in [0.717, 1.165) is 12.1 Å². The molecule has 0 aliphatic carbocycles. The molecule has 0 radical (unpaired) electrons. The SMILES string of the molecule is CCC(C)OC(=O)Oc1ccccc1C(F)(F)F. The molecule has 18 heavy (non-hydrogen) atoms. The van der Waals surface area contributed by atoms with E-state index in [1.54, 1.807) is 13.8 Å². The van der Waals surface area contributed by atoms with Gasteiger partial charge in [0, 0.05) is 0 Å². The zero-order valence-electron chi connectivity index (χ0n) is 9.95. The van der Waals surface area contributed by atoms with Crippen molar-refractivity contribution in [1.82, 2.24) is 0 Å². The predicted molar refractivity (Wildman–Crippen MR) is 58.3 cm³/mol. The van der Waals surface area contributed by atoms with Gasteiger partial charge in [-0.1, -0.05) is 19.1 Å². The van der Waals surface area contributed by atoms with Crippen molar-refractivity contribution in [1.29, 1.82) is 0 Å². The first kappa shape index (κ1) is 14.3. The number of benzene rings is 1. The molecule has 0 aromatic heterocycles. The summed E-state index contributed by atoms with van der Waals surface area (Å²) in [6, 6.07) is 4.48. The molecule has 1 rings (SSSR count).